The zero-order chi connectivity index (χ0) is 15.1. The van der Waals surface area contributed by atoms with Gasteiger partial charge < -0.3 is 14.5 Å². The first-order chi connectivity index (χ1) is 10.2. The lowest BCUT2D eigenvalue weighted by Gasteiger charge is -2.33. The first-order valence-electron chi connectivity index (χ1n) is 7.40. The van der Waals surface area contributed by atoms with Crippen LogP contribution in [0.1, 0.15) is 31.9 Å². The Balaban J connectivity index is 1.83. The van der Waals surface area contributed by atoms with Crippen LogP contribution in [0.2, 0.25) is 0 Å². The molecule has 0 aliphatic carbocycles. The van der Waals surface area contributed by atoms with Crippen LogP contribution < -0.4 is 5.32 Å². The second kappa shape index (κ2) is 7.83. The number of nitrogens with zero attached hydrogens (tertiary/aromatic N) is 1. The minimum absolute atomic E-state index is 0.109. The highest BCUT2D eigenvalue weighted by Gasteiger charge is 2.30. The molecule has 0 bridgehead atoms. The van der Waals surface area contributed by atoms with E-state index in [9.17, 15) is 9.59 Å². The van der Waals surface area contributed by atoms with E-state index in [0.717, 1.165) is 25.8 Å². The number of amides is 1. The quantitative estimate of drug-likeness (QED) is 0.801. The van der Waals surface area contributed by atoms with Gasteiger partial charge in [0.05, 0.1) is 26.0 Å². The van der Waals surface area contributed by atoms with Gasteiger partial charge in [-0.15, -0.1) is 0 Å². The van der Waals surface area contributed by atoms with Crippen LogP contribution in [0.4, 0.5) is 0 Å². The molecule has 21 heavy (non-hydrogen) atoms. The molecule has 1 aromatic rings. The third-order valence-electron chi connectivity index (χ3n) is 3.56. The Morgan fingerprint density at radius 2 is 2.33 bits per heavy atom. The van der Waals surface area contributed by atoms with Crippen LogP contribution in [-0.2, 0) is 20.9 Å². The first-order valence-corrected chi connectivity index (χ1v) is 7.40. The van der Waals surface area contributed by atoms with Crippen molar-refractivity contribution in [1.29, 1.82) is 0 Å². The third-order valence-corrected chi connectivity index (χ3v) is 3.56. The summed E-state index contributed by atoms with van der Waals surface area (Å²) in [4.78, 5) is 25.8. The van der Waals surface area contributed by atoms with E-state index < -0.39 is 0 Å². The largest absolute Gasteiger partial charge is 0.467 e. The lowest BCUT2D eigenvalue weighted by molar-refractivity contribution is -0.151. The van der Waals surface area contributed by atoms with Gasteiger partial charge in [0.1, 0.15) is 11.8 Å². The van der Waals surface area contributed by atoms with Crippen LogP contribution in [0.15, 0.2) is 22.8 Å². The van der Waals surface area contributed by atoms with Gasteiger partial charge in [0.15, 0.2) is 0 Å². The number of piperidine rings is 1. The molecule has 1 unspecified atom stereocenters. The predicted molar refractivity (Wildman–Crippen MR) is 76.4 cm³/mol. The van der Waals surface area contributed by atoms with Gasteiger partial charge in [0.25, 0.3) is 0 Å². The van der Waals surface area contributed by atoms with Crippen LogP contribution in [0.3, 0.4) is 0 Å². The van der Waals surface area contributed by atoms with Crippen molar-refractivity contribution in [3.63, 3.8) is 0 Å². The third kappa shape index (κ3) is 4.60. The van der Waals surface area contributed by atoms with E-state index in [-0.39, 0.29) is 24.5 Å². The molecule has 0 aromatic carbocycles. The van der Waals surface area contributed by atoms with E-state index in [2.05, 4.69) is 5.32 Å². The van der Waals surface area contributed by atoms with Crippen LogP contribution >= 0.6 is 0 Å². The molecule has 1 N–H and O–H groups in total. The molecule has 6 heteroatoms. The summed E-state index contributed by atoms with van der Waals surface area (Å²) in [7, 11) is 0. The number of furan rings is 1. The lowest BCUT2D eigenvalue weighted by Crippen LogP contribution is -2.49. The second-order valence-corrected chi connectivity index (χ2v) is 5.09. The van der Waals surface area contributed by atoms with Crippen LogP contribution in [0.25, 0.3) is 0 Å². The highest BCUT2D eigenvalue weighted by molar-refractivity contribution is 5.80. The Bertz CT molecular complexity index is 458. The summed E-state index contributed by atoms with van der Waals surface area (Å²) in [6.45, 7) is 3.49. The summed E-state index contributed by atoms with van der Waals surface area (Å²) in [5.41, 5.74) is 0. The minimum atomic E-state index is -0.298. The Labute approximate surface area is 124 Å². The van der Waals surface area contributed by atoms with E-state index >= 15 is 0 Å². The maximum absolute atomic E-state index is 12.0. The molecule has 0 saturated carbocycles. The Morgan fingerprint density at radius 3 is 3.05 bits per heavy atom. The van der Waals surface area contributed by atoms with E-state index in [1.54, 1.807) is 19.3 Å². The number of ether oxygens (including phenoxy) is 1. The zero-order valence-corrected chi connectivity index (χ0v) is 12.3. The van der Waals surface area contributed by atoms with Gasteiger partial charge in [0.2, 0.25) is 5.91 Å². The summed E-state index contributed by atoms with van der Waals surface area (Å²) in [5.74, 6) is 0.377. The number of hydrogen-bond acceptors (Lipinski definition) is 5. The monoisotopic (exact) mass is 294 g/mol. The molecule has 1 amide bonds. The fourth-order valence-electron chi connectivity index (χ4n) is 2.52. The van der Waals surface area contributed by atoms with Gasteiger partial charge in [-0.1, -0.05) is 6.42 Å². The van der Waals surface area contributed by atoms with Crippen molar-refractivity contribution in [2.75, 3.05) is 19.7 Å². The van der Waals surface area contributed by atoms with Crippen molar-refractivity contribution in [2.24, 2.45) is 0 Å². The minimum Gasteiger partial charge on any atom is -0.467 e. The fourth-order valence-corrected chi connectivity index (χ4v) is 2.52. The van der Waals surface area contributed by atoms with Crippen molar-refractivity contribution < 1.29 is 18.7 Å². The van der Waals surface area contributed by atoms with E-state index in [1.807, 2.05) is 11.0 Å². The number of likely N-dealkylation sites (tertiary alicyclic amines) is 1. The molecular weight excluding hydrogens is 272 g/mol. The van der Waals surface area contributed by atoms with Gasteiger partial charge in [-0.3, -0.25) is 14.5 Å². The van der Waals surface area contributed by atoms with Gasteiger partial charge >= 0.3 is 5.97 Å². The Morgan fingerprint density at radius 1 is 1.48 bits per heavy atom. The molecule has 0 spiro atoms. The van der Waals surface area contributed by atoms with E-state index in [1.165, 1.54) is 0 Å². The normalized spacial score (nSPS) is 19.2. The van der Waals surface area contributed by atoms with Crippen LogP contribution in [-0.4, -0.2) is 42.5 Å². The molecule has 1 atom stereocenters. The SMILES string of the molecule is CCOC(=O)C1CCCCN1CC(=O)NCc1ccco1. The summed E-state index contributed by atoms with van der Waals surface area (Å²) in [5, 5.41) is 2.80. The fraction of sp³-hybridized carbons (Fsp3) is 0.600. The summed E-state index contributed by atoms with van der Waals surface area (Å²) >= 11 is 0. The van der Waals surface area contributed by atoms with E-state index in [4.69, 9.17) is 9.15 Å². The smallest absolute Gasteiger partial charge is 0.323 e. The van der Waals surface area contributed by atoms with Crippen LogP contribution in [0.5, 0.6) is 0 Å². The summed E-state index contributed by atoms with van der Waals surface area (Å²) < 4.78 is 10.2. The molecule has 2 rings (SSSR count). The molecular formula is C15H22N2O4. The summed E-state index contributed by atoms with van der Waals surface area (Å²) in [6.07, 6.45) is 4.32. The Kier molecular flexibility index (Phi) is 5.80. The number of nitrogens with one attached hydrogen (secondary N) is 1. The molecule has 1 aliphatic heterocycles. The van der Waals surface area contributed by atoms with E-state index in [0.29, 0.717) is 18.9 Å². The molecule has 1 aromatic heterocycles. The standard InChI is InChI=1S/C15H22N2O4/c1-2-20-15(19)13-7-3-4-8-17(13)11-14(18)16-10-12-6-5-9-21-12/h5-6,9,13H,2-4,7-8,10-11H2,1H3,(H,16,18). The highest BCUT2D eigenvalue weighted by Crippen LogP contribution is 2.17. The first kappa shape index (κ1) is 15.6. The maximum Gasteiger partial charge on any atom is 0.323 e. The van der Waals surface area contributed by atoms with Crippen molar-refractivity contribution in [2.45, 2.75) is 38.8 Å². The molecule has 1 saturated heterocycles. The molecule has 116 valence electrons. The van der Waals surface area contributed by atoms with Gasteiger partial charge in [0, 0.05) is 0 Å². The average molecular weight is 294 g/mol. The summed E-state index contributed by atoms with van der Waals surface area (Å²) in [6, 6.07) is 3.29. The number of hydrogen-bond donors (Lipinski definition) is 1. The average Bonchev–Trinajstić information content (AvgIpc) is 2.99. The van der Waals surface area contributed by atoms with Crippen molar-refractivity contribution in [3.05, 3.63) is 24.2 Å². The van der Waals surface area contributed by atoms with Crippen molar-refractivity contribution in [1.82, 2.24) is 10.2 Å². The number of carbonyl (C=O) groups excluding carboxylic acids is 2. The lowest BCUT2D eigenvalue weighted by atomic mass is 10.0. The van der Waals surface area contributed by atoms with Crippen LogP contribution in [0, 0.1) is 0 Å². The predicted octanol–water partition coefficient (Wildman–Crippen LogP) is 1.31. The number of carbonyl (C=O) groups is 2. The zero-order valence-electron chi connectivity index (χ0n) is 12.3. The van der Waals surface area contributed by atoms with Gasteiger partial charge in [-0.25, -0.2) is 0 Å². The molecule has 1 aliphatic rings. The van der Waals surface area contributed by atoms with Crippen molar-refractivity contribution >= 4 is 11.9 Å². The van der Waals surface area contributed by atoms with Gasteiger partial charge in [-0.05, 0) is 38.4 Å². The molecule has 2 heterocycles. The second-order valence-electron chi connectivity index (χ2n) is 5.09. The van der Waals surface area contributed by atoms with Crippen molar-refractivity contribution in [3.8, 4) is 0 Å². The maximum atomic E-state index is 12.0. The molecule has 0 radical (unpaired) electrons. The molecule has 6 nitrogen and oxygen atoms in total. The molecule has 1 fully saturated rings. The number of esters is 1. The topological polar surface area (TPSA) is 71.8 Å². The van der Waals surface area contributed by atoms with Gasteiger partial charge in [-0.2, -0.15) is 0 Å². The number of rotatable bonds is 6. The Hall–Kier alpha value is -1.82. The highest BCUT2D eigenvalue weighted by atomic mass is 16.5.